The third-order valence-electron chi connectivity index (χ3n) is 7.28. The Morgan fingerprint density at radius 1 is 0.933 bits per heavy atom. The number of piperidine rings is 2. The highest BCUT2D eigenvalue weighted by Crippen LogP contribution is 2.32. The summed E-state index contributed by atoms with van der Waals surface area (Å²) in [6.07, 6.45) is 3.21. The maximum atomic E-state index is 13.4. The number of aryl methyl sites for hydroxylation is 2. The predicted octanol–water partition coefficient (Wildman–Crippen LogP) is 2.87. The Hall–Kier alpha value is -1.44. The Kier molecular flexibility index (Phi) is 6.94. The van der Waals surface area contributed by atoms with E-state index in [4.69, 9.17) is 0 Å². The molecule has 2 aliphatic heterocycles. The third-order valence-corrected chi connectivity index (χ3v) is 9.45. The average Bonchev–Trinajstić information content (AvgIpc) is 2.72. The lowest BCUT2D eigenvalue weighted by Crippen LogP contribution is -2.49. The molecule has 0 N–H and O–H groups in total. The van der Waals surface area contributed by atoms with Gasteiger partial charge in [0.15, 0.2) is 0 Å². The van der Waals surface area contributed by atoms with E-state index in [0.29, 0.717) is 36.9 Å². The predicted molar refractivity (Wildman–Crippen MR) is 120 cm³/mol. The molecule has 3 rings (SSSR count). The molecule has 0 aliphatic carbocycles. The van der Waals surface area contributed by atoms with Crippen LogP contribution >= 0.6 is 0 Å². The topological polar surface area (TPSA) is 60.9 Å². The van der Waals surface area contributed by atoms with E-state index in [9.17, 15) is 13.2 Å². The lowest BCUT2D eigenvalue weighted by Gasteiger charge is -2.38. The van der Waals surface area contributed by atoms with E-state index in [1.165, 1.54) is 0 Å². The first-order valence-electron chi connectivity index (χ1n) is 11.1. The number of rotatable bonds is 4. The van der Waals surface area contributed by atoms with E-state index in [2.05, 4.69) is 11.9 Å². The van der Waals surface area contributed by atoms with Gasteiger partial charge in [-0.1, -0.05) is 6.07 Å². The maximum Gasteiger partial charge on any atom is 0.243 e. The molecule has 2 saturated heterocycles. The van der Waals surface area contributed by atoms with Crippen LogP contribution < -0.4 is 0 Å². The van der Waals surface area contributed by atoms with Crippen LogP contribution in [0, 0.1) is 33.6 Å². The molecule has 0 atom stereocenters. The number of hydrogen-bond donors (Lipinski definition) is 0. The molecular weight excluding hydrogens is 398 g/mol. The van der Waals surface area contributed by atoms with Crippen LogP contribution in [0.15, 0.2) is 11.0 Å². The van der Waals surface area contributed by atoms with Gasteiger partial charge in [-0.25, -0.2) is 8.42 Å². The molecule has 0 aromatic heterocycles. The first-order valence-corrected chi connectivity index (χ1v) is 12.5. The van der Waals surface area contributed by atoms with Crippen LogP contribution in [0.2, 0.25) is 0 Å². The van der Waals surface area contributed by atoms with Crippen LogP contribution in [0.4, 0.5) is 0 Å². The van der Waals surface area contributed by atoms with Gasteiger partial charge in [0.1, 0.15) is 0 Å². The van der Waals surface area contributed by atoms with Crippen LogP contribution in [0.5, 0.6) is 0 Å². The van der Waals surface area contributed by atoms with Crippen molar-refractivity contribution in [2.75, 3.05) is 40.3 Å². The smallest absolute Gasteiger partial charge is 0.243 e. The van der Waals surface area contributed by atoms with Crippen LogP contribution in [-0.2, 0) is 14.8 Å². The Morgan fingerprint density at radius 2 is 1.43 bits per heavy atom. The molecule has 1 aromatic carbocycles. The number of carbonyl (C=O) groups is 1. The van der Waals surface area contributed by atoms with E-state index < -0.39 is 10.0 Å². The fraction of sp³-hybridized carbons (Fsp3) is 0.696. The molecular formula is C23H37N3O3S. The van der Waals surface area contributed by atoms with Gasteiger partial charge in [0.25, 0.3) is 0 Å². The SMILES string of the molecule is Cc1cc(C)c(C)c(S(=O)(=O)N2CCC(C(=O)N(C)C3CCN(C)CC3)CC2)c1C. The van der Waals surface area contributed by atoms with E-state index in [1.54, 1.807) is 4.31 Å². The fourth-order valence-corrected chi connectivity index (χ4v) is 6.94. The Morgan fingerprint density at radius 3 is 1.93 bits per heavy atom. The van der Waals surface area contributed by atoms with Gasteiger partial charge in [-0.3, -0.25) is 4.79 Å². The van der Waals surface area contributed by atoms with Gasteiger partial charge in [-0.2, -0.15) is 4.31 Å². The van der Waals surface area contributed by atoms with Crippen molar-refractivity contribution >= 4 is 15.9 Å². The third kappa shape index (κ3) is 4.43. The highest BCUT2D eigenvalue weighted by Gasteiger charge is 2.36. The number of nitrogens with zero attached hydrogens (tertiary/aromatic N) is 3. The summed E-state index contributed by atoms with van der Waals surface area (Å²) in [5, 5.41) is 0. The van der Waals surface area contributed by atoms with Crippen LogP contribution in [0.25, 0.3) is 0 Å². The summed E-state index contributed by atoms with van der Waals surface area (Å²) in [6, 6.07) is 2.35. The van der Waals surface area contributed by atoms with Crippen molar-refractivity contribution in [3.8, 4) is 0 Å². The van der Waals surface area contributed by atoms with Crippen molar-refractivity contribution in [1.82, 2.24) is 14.1 Å². The van der Waals surface area contributed by atoms with Crippen molar-refractivity contribution < 1.29 is 13.2 Å². The molecule has 0 unspecified atom stereocenters. The quantitative estimate of drug-likeness (QED) is 0.730. The van der Waals surface area contributed by atoms with Gasteiger partial charge < -0.3 is 9.80 Å². The zero-order valence-electron chi connectivity index (χ0n) is 19.4. The summed E-state index contributed by atoms with van der Waals surface area (Å²) >= 11 is 0. The van der Waals surface area contributed by atoms with Gasteiger partial charge in [-0.15, -0.1) is 0 Å². The molecule has 7 heteroatoms. The zero-order valence-corrected chi connectivity index (χ0v) is 20.2. The molecule has 0 bridgehead atoms. The van der Waals surface area contributed by atoms with Crippen LogP contribution in [0.3, 0.4) is 0 Å². The van der Waals surface area contributed by atoms with E-state index in [-0.39, 0.29) is 11.8 Å². The second-order valence-corrected chi connectivity index (χ2v) is 11.1. The molecule has 6 nitrogen and oxygen atoms in total. The minimum absolute atomic E-state index is 0.0810. The summed E-state index contributed by atoms with van der Waals surface area (Å²) in [5.74, 6) is 0.0999. The van der Waals surface area contributed by atoms with Crippen molar-refractivity contribution in [3.05, 3.63) is 28.3 Å². The molecule has 168 valence electrons. The molecule has 1 amide bonds. The average molecular weight is 436 g/mol. The lowest BCUT2D eigenvalue weighted by molar-refractivity contribution is -0.138. The molecule has 2 fully saturated rings. The number of benzene rings is 1. The largest absolute Gasteiger partial charge is 0.342 e. The molecule has 0 saturated carbocycles. The van der Waals surface area contributed by atoms with Crippen molar-refractivity contribution in [1.29, 1.82) is 0 Å². The van der Waals surface area contributed by atoms with Crippen molar-refractivity contribution in [3.63, 3.8) is 0 Å². The van der Waals surface area contributed by atoms with Gasteiger partial charge in [-0.05, 0) is 95.8 Å². The first kappa shape index (κ1) is 23.2. The summed E-state index contributed by atoms with van der Waals surface area (Å²) in [4.78, 5) is 17.7. The standard InChI is InChI=1S/C23H37N3O3S/c1-16-15-17(2)19(4)22(18(16)3)30(28,29)26-13-7-20(8-14-26)23(27)25(6)21-9-11-24(5)12-10-21/h15,20-21H,7-14H2,1-6H3. The van der Waals surface area contributed by atoms with Gasteiger partial charge in [0.05, 0.1) is 4.90 Å². The van der Waals surface area contributed by atoms with Gasteiger partial charge in [0.2, 0.25) is 15.9 Å². The number of likely N-dealkylation sites (tertiary alicyclic amines) is 1. The summed E-state index contributed by atoms with van der Waals surface area (Å²) in [6.45, 7) is 10.6. The fourth-order valence-electron chi connectivity index (χ4n) is 4.89. The molecule has 2 aliphatic rings. The minimum Gasteiger partial charge on any atom is -0.342 e. The molecule has 0 radical (unpaired) electrons. The van der Waals surface area contributed by atoms with E-state index in [1.807, 2.05) is 45.7 Å². The van der Waals surface area contributed by atoms with Gasteiger partial charge in [0, 0.05) is 32.1 Å². The maximum absolute atomic E-state index is 13.4. The monoisotopic (exact) mass is 435 g/mol. The summed E-state index contributed by atoms with van der Waals surface area (Å²) in [5.41, 5.74) is 3.67. The number of hydrogen-bond acceptors (Lipinski definition) is 4. The van der Waals surface area contributed by atoms with Crippen molar-refractivity contribution in [2.24, 2.45) is 5.92 Å². The normalized spacial score (nSPS) is 20.5. The first-order chi connectivity index (χ1) is 14.0. The highest BCUT2D eigenvalue weighted by atomic mass is 32.2. The summed E-state index contributed by atoms with van der Waals surface area (Å²) in [7, 11) is 0.477. The van der Waals surface area contributed by atoms with E-state index in [0.717, 1.165) is 48.2 Å². The number of sulfonamides is 1. The lowest BCUT2D eigenvalue weighted by atomic mass is 9.94. The molecule has 2 heterocycles. The number of carbonyl (C=O) groups excluding carboxylic acids is 1. The van der Waals surface area contributed by atoms with Crippen LogP contribution in [0.1, 0.15) is 47.9 Å². The van der Waals surface area contributed by atoms with E-state index >= 15 is 0 Å². The van der Waals surface area contributed by atoms with Crippen LogP contribution in [-0.4, -0.2) is 74.7 Å². The Labute approximate surface area is 182 Å². The zero-order chi connectivity index (χ0) is 22.2. The van der Waals surface area contributed by atoms with Gasteiger partial charge >= 0.3 is 0 Å². The molecule has 1 aromatic rings. The number of amides is 1. The summed E-state index contributed by atoms with van der Waals surface area (Å²) < 4.78 is 28.5. The molecule has 0 spiro atoms. The highest BCUT2D eigenvalue weighted by molar-refractivity contribution is 7.89. The second kappa shape index (κ2) is 8.97. The Balaban J connectivity index is 1.69. The Bertz CT molecular complexity index is 871. The minimum atomic E-state index is -3.56. The molecule has 30 heavy (non-hydrogen) atoms. The van der Waals surface area contributed by atoms with Crippen molar-refractivity contribution in [2.45, 2.75) is 64.3 Å². The second-order valence-electron chi connectivity index (χ2n) is 9.25.